The lowest BCUT2D eigenvalue weighted by Gasteiger charge is -2.28. The van der Waals surface area contributed by atoms with Crippen molar-refractivity contribution in [3.8, 4) is 0 Å². The van der Waals surface area contributed by atoms with Crippen molar-refractivity contribution < 1.29 is 14.0 Å². The van der Waals surface area contributed by atoms with E-state index < -0.39 is 6.04 Å². The van der Waals surface area contributed by atoms with Crippen molar-refractivity contribution in [3.63, 3.8) is 0 Å². The normalized spacial score (nSPS) is 26.4. The van der Waals surface area contributed by atoms with Crippen molar-refractivity contribution >= 4 is 27.7 Å². The SMILES string of the molecule is O=C(NC1CC2CCCCN2C1=O)c1cc(Br)co1. The molecule has 2 saturated heterocycles. The maximum Gasteiger partial charge on any atom is 0.287 e. The highest BCUT2D eigenvalue weighted by Gasteiger charge is 2.41. The van der Waals surface area contributed by atoms with E-state index in [2.05, 4.69) is 21.2 Å². The minimum atomic E-state index is -0.403. The van der Waals surface area contributed by atoms with Gasteiger partial charge in [-0.15, -0.1) is 0 Å². The fraction of sp³-hybridized carbons (Fsp3) is 0.538. The molecule has 3 heterocycles. The lowest BCUT2D eigenvalue weighted by atomic mass is 10.0. The Kier molecular flexibility index (Phi) is 3.35. The molecule has 0 aromatic carbocycles. The van der Waals surface area contributed by atoms with Crippen LogP contribution in [0, 0.1) is 0 Å². The summed E-state index contributed by atoms with van der Waals surface area (Å²) in [5.41, 5.74) is 0. The second-order valence-corrected chi connectivity index (χ2v) is 5.99. The van der Waals surface area contributed by atoms with Crippen LogP contribution >= 0.6 is 15.9 Å². The Hall–Kier alpha value is -1.30. The quantitative estimate of drug-likeness (QED) is 0.903. The molecule has 0 saturated carbocycles. The molecule has 19 heavy (non-hydrogen) atoms. The molecule has 2 aliphatic rings. The van der Waals surface area contributed by atoms with Gasteiger partial charge in [0.2, 0.25) is 5.91 Å². The molecule has 1 N–H and O–H groups in total. The third-order valence-corrected chi connectivity index (χ3v) is 4.23. The zero-order chi connectivity index (χ0) is 13.4. The number of hydrogen-bond donors (Lipinski definition) is 1. The number of nitrogens with zero attached hydrogens (tertiary/aromatic N) is 1. The molecule has 102 valence electrons. The van der Waals surface area contributed by atoms with Gasteiger partial charge in [0.05, 0.1) is 4.47 Å². The van der Waals surface area contributed by atoms with Crippen molar-refractivity contribution in [2.24, 2.45) is 0 Å². The highest BCUT2D eigenvalue weighted by molar-refractivity contribution is 9.10. The zero-order valence-corrected chi connectivity index (χ0v) is 12.0. The number of fused-ring (bicyclic) bond motifs is 1. The molecule has 5 nitrogen and oxygen atoms in total. The Labute approximate surface area is 119 Å². The number of furan rings is 1. The van der Waals surface area contributed by atoms with E-state index in [-0.39, 0.29) is 17.6 Å². The summed E-state index contributed by atoms with van der Waals surface area (Å²) in [7, 11) is 0. The average Bonchev–Trinajstić information content (AvgIpc) is 2.96. The Morgan fingerprint density at radius 2 is 2.32 bits per heavy atom. The van der Waals surface area contributed by atoms with Crippen LogP contribution in [0.2, 0.25) is 0 Å². The highest BCUT2D eigenvalue weighted by Crippen LogP contribution is 2.28. The molecule has 2 aliphatic heterocycles. The van der Waals surface area contributed by atoms with Gasteiger partial charge in [-0.2, -0.15) is 0 Å². The Morgan fingerprint density at radius 1 is 1.47 bits per heavy atom. The van der Waals surface area contributed by atoms with Crippen LogP contribution in [0.15, 0.2) is 21.2 Å². The van der Waals surface area contributed by atoms with E-state index in [0.29, 0.717) is 16.9 Å². The van der Waals surface area contributed by atoms with Crippen molar-refractivity contribution in [2.75, 3.05) is 6.54 Å². The summed E-state index contributed by atoms with van der Waals surface area (Å²) in [6.45, 7) is 0.822. The molecule has 1 aromatic rings. The van der Waals surface area contributed by atoms with Gasteiger partial charge < -0.3 is 14.6 Å². The molecule has 2 fully saturated rings. The van der Waals surface area contributed by atoms with Gasteiger partial charge in [0.15, 0.2) is 5.76 Å². The molecular weight excluding hydrogens is 312 g/mol. The molecule has 1 aromatic heterocycles. The standard InChI is InChI=1S/C13H15BrN2O3/c14-8-5-11(19-7-8)12(17)15-10-6-9-3-1-2-4-16(9)13(10)18/h5,7,9-10H,1-4,6H2,(H,15,17). The smallest absolute Gasteiger partial charge is 0.287 e. The van der Waals surface area contributed by atoms with E-state index in [9.17, 15) is 9.59 Å². The summed E-state index contributed by atoms with van der Waals surface area (Å²) >= 11 is 3.23. The first-order valence-electron chi connectivity index (χ1n) is 6.50. The largest absolute Gasteiger partial charge is 0.458 e. The Morgan fingerprint density at radius 3 is 3.00 bits per heavy atom. The topological polar surface area (TPSA) is 62.6 Å². The third-order valence-electron chi connectivity index (χ3n) is 3.81. The average molecular weight is 327 g/mol. The van der Waals surface area contributed by atoms with E-state index in [1.54, 1.807) is 6.07 Å². The van der Waals surface area contributed by atoms with Gasteiger partial charge in [-0.25, -0.2) is 0 Å². The van der Waals surface area contributed by atoms with Gasteiger partial charge in [-0.05, 0) is 41.6 Å². The molecule has 3 rings (SSSR count). The second kappa shape index (κ2) is 5.00. The molecule has 0 aliphatic carbocycles. The maximum absolute atomic E-state index is 12.2. The van der Waals surface area contributed by atoms with Gasteiger partial charge >= 0.3 is 0 Å². The van der Waals surface area contributed by atoms with Crippen LogP contribution in [0.5, 0.6) is 0 Å². The summed E-state index contributed by atoms with van der Waals surface area (Å²) in [6, 6.07) is 1.50. The minimum Gasteiger partial charge on any atom is -0.458 e. The number of carbonyl (C=O) groups is 2. The predicted molar refractivity (Wildman–Crippen MR) is 71.6 cm³/mol. The van der Waals surface area contributed by atoms with Crippen molar-refractivity contribution in [1.29, 1.82) is 0 Å². The van der Waals surface area contributed by atoms with Crippen molar-refractivity contribution in [3.05, 3.63) is 22.6 Å². The van der Waals surface area contributed by atoms with E-state index in [1.165, 1.54) is 12.7 Å². The lowest BCUT2D eigenvalue weighted by molar-refractivity contribution is -0.131. The van der Waals surface area contributed by atoms with Gasteiger partial charge in [0.25, 0.3) is 5.91 Å². The van der Waals surface area contributed by atoms with Crippen molar-refractivity contribution in [1.82, 2.24) is 10.2 Å². The van der Waals surface area contributed by atoms with E-state index in [4.69, 9.17) is 4.42 Å². The van der Waals surface area contributed by atoms with Crippen LogP contribution in [-0.4, -0.2) is 35.3 Å². The van der Waals surface area contributed by atoms with E-state index in [1.807, 2.05) is 4.90 Å². The molecular formula is C13H15BrN2O3. The monoisotopic (exact) mass is 326 g/mol. The summed E-state index contributed by atoms with van der Waals surface area (Å²) in [5.74, 6) is -0.0582. The second-order valence-electron chi connectivity index (χ2n) is 5.07. The van der Waals surface area contributed by atoms with Gasteiger partial charge in [-0.1, -0.05) is 0 Å². The first-order valence-corrected chi connectivity index (χ1v) is 7.30. The number of halogens is 1. The Balaban J connectivity index is 1.67. The van der Waals surface area contributed by atoms with Crippen molar-refractivity contribution in [2.45, 2.75) is 37.8 Å². The van der Waals surface area contributed by atoms with E-state index >= 15 is 0 Å². The lowest BCUT2D eigenvalue weighted by Crippen LogP contribution is -2.43. The zero-order valence-electron chi connectivity index (χ0n) is 10.4. The van der Waals surface area contributed by atoms with Crippen LogP contribution in [0.1, 0.15) is 36.2 Å². The third kappa shape index (κ3) is 2.41. The fourth-order valence-corrected chi connectivity index (χ4v) is 3.19. The molecule has 6 heteroatoms. The van der Waals surface area contributed by atoms with Gasteiger partial charge in [0.1, 0.15) is 12.3 Å². The first kappa shape index (κ1) is 12.7. The van der Waals surface area contributed by atoms with Crippen LogP contribution in [0.4, 0.5) is 0 Å². The molecule has 2 unspecified atom stereocenters. The number of rotatable bonds is 2. The number of hydrogen-bond acceptors (Lipinski definition) is 3. The predicted octanol–water partition coefficient (Wildman–Crippen LogP) is 1.93. The molecule has 0 bridgehead atoms. The van der Waals surface area contributed by atoms with Gasteiger partial charge in [-0.3, -0.25) is 9.59 Å². The van der Waals surface area contributed by atoms with Crippen LogP contribution in [0.25, 0.3) is 0 Å². The first-order chi connectivity index (χ1) is 9.15. The van der Waals surface area contributed by atoms with Gasteiger partial charge in [0, 0.05) is 18.7 Å². The molecule has 2 amide bonds. The minimum absolute atomic E-state index is 0.0451. The van der Waals surface area contributed by atoms with Crippen LogP contribution in [0.3, 0.4) is 0 Å². The number of amides is 2. The van der Waals surface area contributed by atoms with E-state index in [0.717, 1.165) is 19.4 Å². The number of carbonyl (C=O) groups excluding carboxylic acids is 2. The fourth-order valence-electron chi connectivity index (χ4n) is 2.89. The summed E-state index contributed by atoms with van der Waals surface area (Å²) in [5, 5.41) is 2.77. The summed E-state index contributed by atoms with van der Waals surface area (Å²) in [4.78, 5) is 26.1. The number of nitrogens with one attached hydrogen (secondary N) is 1. The highest BCUT2D eigenvalue weighted by atomic mass is 79.9. The van der Waals surface area contributed by atoms with Crippen LogP contribution in [-0.2, 0) is 4.79 Å². The summed E-state index contributed by atoms with van der Waals surface area (Å²) in [6.07, 6.45) is 5.44. The molecule has 0 spiro atoms. The van der Waals surface area contributed by atoms with Crippen LogP contribution < -0.4 is 5.32 Å². The summed E-state index contributed by atoms with van der Waals surface area (Å²) < 4.78 is 5.82. The molecule has 2 atom stereocenters. The maximum atomic E-state index is 12.2. The number of piperidine rings is 1. The molecule has 0 radical (unpaired) electrons. The Bertz CT molecular complexity index is 514.